The molecule has 2 aromatic rings. The fourth-order valence-corrected chi connectivity index (χ4v) is 2.18. The summed E-state index contributed by atoms with van der Waals surface area (Å²) in [6.45, 7) is 1.54. The Hall–Kier alpha value is -1.54. The summed E-state index contributed by atoms with van der Waals surface area (Å²) in [4.78, 5) is 0. The van der Waals surface area contributed by atoms with Gasteiger partial charge in [0.25, 0.3) is 0 Å². The minimum atomic E-state index is 0.584. The quantitative estimate of drug-likeness (QED) is 0.780. The van der Waals surface area contributed by atoms with Crippen LogP contribution in [-0.2, 0) is 11.3 Å². The molecule has 2 heteroatoms. The molecule has 1 aliphatic rings. The van der Waals surface area contributed by atoms with Crippen LogP contribution in [0, 0.1) is 5.92 Å². The van der Waals surface area contributed by atoms with Crippen LogP contribution in [0.15, 0.2) is 53.1 Å². The molecule has 1 aromatic heterocycles. The zero-order valence-corrected chi connectivity index (χ0v) is 9.71. The molecule has 17 heavy (non-hydrogen) atoms. The van der Waals surface area contributed by atoms with Crippen LogP contribution in [0.3, 0.4) is 0 Å². The van der Waals surface area contributed by atoms with E-state index in [0.717, 1.165) is 12.4 Å². The number of furan rings is 1. The predicted molar refractivity (Wildman–Crippen MR) is 65.7 cm³/mol. The van der Waals surface area contributed by atoms with E-state index in [1.165, 1.54) is 12.0 Å². The first kappa shape index (κ1) is 10.6. The second kappa shape index (κ2) is 4.76. The Balaban J connectivity index is 1.42. The number of benzene rings is 1. The molecule has 1 aromatic carbocycles. The summed E-state index contributed by atoms with van der Waals surface area (Å²) < 4.78 is 11.1. The summed E-state index contributed by atoms with van der Waals surface area (Å²) in [5, 5.41) is 0. The predicted octanol–water partition coefficient (Wildman–Crippen LogP) is 3.60. The van der Waals surface area contributed by atoms with Gasteiger partial charge in [-0.1, -0.05) is 30.3 Å². The molecule has 0 unspecified atom stereocenters. The molecule has 1 heterocycles. The highest BCUT2D eigenvalue weighted by Gasteiger charge is 2.40. The molecule has 2 nitrogen and oxygen atoms in total. The van der Waals surface area contributed by atoms with Gasteiger partial charge in [-0.2, -0.15) is 0 Å². The van der Waals surface area contributed by atoms with Crippen LogP contribution < -0.4 is 0 Å². The van der Waals surface area contributed by atoms with E-state index >= 15 is 0 Å². The summed E-state index contributed by atoms with van der Waals surface area (Å²) in [5.74, 6) is 2.34. The molecule has 0 radical (unpaired) electrons. The molecule has 88 valence electrons. The summed E-state index contributed by atoms with van der Waals surface area (Å²) in [7, 11) is 0. The Kier molecular flexibility index (Phi) is 2.97. The summed E-state index contributed by atoms with van der Waals surface area (Å²) in [6, 6.07) is 14.3. The molecular weight excluding hydrogens is 212 g/mol. The smallest absolute Gasteiger partial charge is 0.107 e. The third-order valence-electron chi connectivity index (χ3n) is 3.27. The van der Waals surface area contributed by atoms with E-state index in [-0.39, 0.29) is 0 Å². The normalized spacial score (nSPS) is 22.6. The largest absolute Gasteiger partial charge is 0.469 e. The first-order chi connectivity index (χ1) is 8.43. The standard InChI is InChI=1S/C15H16O2/c1-2-5-12(6-3-1)10-16-11-13-9-14(13)15-7-4-8-17-15/h1-8,13-14H,9-11H2/t13-,14+/m0/s1. The number of rotatable bonds is 5. The molecule has 0 spiro atoms. The lowest BCUT2D eigenvalue weighted by Gasteiger charge is -2.03. The fraction of sp³-hybridized carbons (Fsp3) is 0.333. The summed E-state index contributed by atoms with van der Waals surface area (Å²) in [5.41, 5.74) is 1.24. The van der Waals surface area contributed by atoms with Crippen molar-refractivity contribution >= 4 is 0 Å². The van der Waals surface area contributed by atoms with Gasteiger partial charge in [0.2, 0.25) is 0 Å². The van der Waals surface area contributed by atoms with Crippen LogP contribution in [0.4, 0.5) is 0 Å². The van der Waals surface area contributed by atoms with Gasteiger partial charge in [0.15, 0.2) is 0 Å². The molecule has 0 N–H and O–H groups in total. The van der Waals surface area contributed by atoms with Gasteiger partial charge in [0, 0.05) is 5.92 Å². The van der Waals surface area contributed by atoms with Gasteiger partial charge in [0.05, 0.1) is 19.5 Å². The number of hydrogen-bond donors (Lipinski definition) is 0. The minimum absolute atomic E-state index is 0.584. The SMILES string of the molecule is c1ccc(COC[C@@H]2C[C@H]2c2ccco2)cc1. The maximum absolute atomic E-state index is 5.73. The molecule has 0 aliphatic heterocycles. The Morgan fingerprint density at radius 2 is 2.00 bits per heavy atom. The molecule has 0 amide bonds. The van der Waals surface area contributed by atoms with E-state index in [4.69, 9.17) is 9.15 Å². The zero-order chi connectivity index (χ0) is 11.5. The average molecular weight is 228 g/mol. The second-order valence-electron chi connectivity index (χ2n) is 4.62. The molecule has 2 atom stereocenters. The third-order valence-corrected chi connectivity index (χ3v) is 3.27. The number of ether oxygens (including phenoxy) is 1. The van der Waals surface area contributed by atoms with Crippen molar-refractivity contribution < 1.29 is 9.15 Å². The monoisotopic (exact) mass is 228 g/mol. The van der Waals surface area contributed by atoms with Crippen LogP contribution in [0.2, 0.25) is 0 Å². The molecule has 0 bridgehead atoms. The molecule has 1 saturated carbocycles. The highest BCUT2D eigenvalue weighted by Crippen LogP contribution is 2.47. The molecule has 1 aliphatic carbocycles. The van der Waals surface area contributed by atoms with Crippen molar-refractivity contribution in [2.45, 2.75) is 18.9 Å². The van der Waals surface area contributed by atoms with Crippen molar-refractivity contribution in [1.29, 1.82) is 0 Å². The average Bonchev–Trinajstić information content (AvgIpc) is 2.93. The lowest BCUT2D eigenvalue weighted by atomic mass is 10.2. The van der Waals surface area contributed by atoms with Crippen molar-refractivity contribution in [2.75, 3.05) is 6.61 Å². The zero-order valence-electron chi connectivity index (χ0n) is 9.71. The molecule has 3 rings (SSSR count). The van der Waals surface area contributed by atoms with E-state index in [9.17, 15) is 0 Å². The highest BCUT2D eigenvalue weighted by molar-refractivity contribution is 5.15. The minimum Gasteiger partial charge on any atom is -0.469 e. The van der Waals surface area contributed by atoms with Gasteiger partial charge in [-0.25, -0.2) is 0 Å². The lowest BCUT2D eigenvalue weighted by molar-refractivity contribution is 0.109. The second-order valence-corrected chi connectivity index (χ2v) is 4.62. The van der Waals surface area contributed by atoms with E-state index in [1.807, 2.05) is 24.3 Å². The van der Waals surface area contributed by atoms with Crippen molar-refractivity contribution in [3.8, 4) is 0 Å². The Morgan fingerprint density at radius 1 is 1.12 bits per heavy atom. The van der Waals surface area contributed by atoms with Crippen molar-refractivity contribution in [2.24, 2.45) is 5.92 Å². The Labute approximate surface area is 101 Å². The lowest BCUT2D eigenvalue weighted by Crippen LogP contribution is -1.98. The first-order valence-corrected chi connectivity index (χ1v) is 6.08. The summed E-state index contributed by atoms with van der Waals surface area (Å²) >= 11 is 0. The highest BCUT2D eigenvalue weighted by atomic mass is 16.5. The topological polar surface area (TPSA) is 22.4 Å². The Morgan fingerprint density at radius 3 is 2.76 bits per heavy atom. The number of hydrogen-bond acceptors (Lipinski definition) is 2. The van der Waals surface area contributed by atoms with Gasteiger partial charge in [-0.3, -0.25) is 0 Å². The fourth-order valence-electron chi connectivity index (χ4n) is 2.18. The maximum Gasteiger partial charge on any atom is 0.107 e. The molecular formula is C15H16O2. The van der Waals surface area contributed by atoms with Crippen LogP contribution in [0.5, 0.6) is 0 Å². The van der Waals surface area contributed by atoms with Gasteiger partial charge in [-0.05, 0) is 30.0 Å². The van der Waals surface area contributed by atoms with Crippen molar-refractivity contribution in [1.82, 2.24) is 0 Å². The molecule has 1 fully saturated rings. The first-order valence-electron chi connectivity index (χ1n) is 6.08. The summed E-state index contributed by atoms with van der Waals surface area (Å²) in [6.07, 6.45) is 2.94. The van der Waals surface area contributed by atoms with Crippen LogP contribution >= 0.6 is 0 Å². The van der Waals surface area contributed by atoms with Crippen LogP contribution in [-0.4, -0.2) is 6.61 Å². The maximum atomic E-state index is 5.73. The Bertz CT molecular complexity index is 447. The van der Waals surface area contributed by atoms with E-state index in [1.54, 1.807) is 6.26 Å². The van der Waals surface area contributed by atoms with Gasteiger partial charge in [-0.15, -0.1) is 0 Å². The van der Waals surface area contributed by atoms with E-state index < -0.39 is 0 Å². The van der Waals surface area contributed by atoms with Gasteiger partial charge < -0.3 is 9.15 Å². The van der Waals surface area contributed by atoms with Crippen molar-refractivity contribution in [3.05, 3.63) is 60.1 Å². The van der Waals surface area contributed by atoms with Crippen LogP contribution in [0.1, 0.15) is 23.7 Å². The van der Waals surface area contributed by atoms with Gasteiger partial charge in [0.1, 0.15) is 5.76 Å². The van der Waals surface area contributed by atoms with Gasteiger partial charge >= 0.3 is 0 Å². The van der Waals surface area contributed by atoms with Crippen LogP contribution in [0.25, 0.3) is 0 Å². The van der Waals surface area contributed by atoms with Crippen molar-refractivity contribution in [3.63, 3.8) is 0 Å². The third kappa shape index (κ3) is 2.59. The van der Waals surface area contributed by atoms with E-state index in [0.29, 0.717) is 18.4 Å². The van der Waals surface area contributed by atoms with E-state index in [2.05, 4.69) is 18.2 Å². The molecule has 0 saturated heterocycles.